The van der Waals surface area contributed by atoms with Crippen molar-refractivity contribution in [3.63, 3.8) is 0 Å². The van der Waals surface area contributed by atoms with Crippen molar-refractivity contribution in [2.45, 2.75) is 26.3 Å². The van der Waals surface area contributed by atoms with Gasteiger partial charge in [-0.2, -0.15) is 4.98 Å². The molecule has 0 aliphatic carbocycles. The van der Waals surface area contributed by atoms with Crippen LogP contribution in [0.15, 0.2) is 15.9 Å². The smallest absolute Gasteiger partial charge is 0.212 e. The minimum atomic E-state index is -0.377. The molecule has 13 heavy (non-hydrogen) atoms. The van der Waals surface area contributed by atoms with Gasteiger partial charge in [0, 0.05) is 0 Å². The Morgan fingerprint density at radius 3 is 2.85 bits per heavy atom. The van der Waals surface area contributed by atoms with E-state index in [-0.39, 0.29) is 11.4 Å². The van der Waals surface area contributed by atoms with E-state index in [4.69, 9.17) is 0 Å². The molecular formula is C8H14N3O2+. The maximum atomic E-state index is 11.2. The van der Waals surface area contributed by atoms with Crippen LogP contribution < -0.4 is 15.9 Å². The minimum Gasteiger partial charge on any atom is -0.212 e. The van der Waals surface area contributed by atoms with Gasteiger partial charge in [0.1, 0.15) is 0 Å². The highest BCUT2D eigenvalue weighted by Gasteiger charge is 2.05. The third kappa shape index (κ3) is 2.27. The van der Waals surface area contributed by atoms with Gasteiger partial charge in [-0.3, -0.25) is 0 Å². The lowest BCUT2D eigenvalue weighted by atomic mass is 10.3. The maximum absolute atomic E-state index is 11.2. The SMILES string of the molecule is CCCCn1c[n+](C)c(=O)[nH]c1=O. The van der Waals surface area contributed by atoms with Crippen LogP contribution in [0.2, 0.25) is 0 Å². The largest absolute Gasteiger partial charge is 0.445 e. The number of rotatable bonds is 3. The van der Waals surface area contributed by atoms with Crippen LogP contribution in [0, 0.1) is 0 Å². The summed E-state index contributed by atoms with van der Waals surface area (Å²) in [5.74, 6) is 0. The summed E-state index contributed by atoms with van der Waals surface area (Å²) in [4.78, 5) is 24.4. The van der Waals surface area contributed by atoms with E-state index in [2.05, 4.69) is 11.9 Å². The van der Waals surface area contributed by atoms with E-state index in [1.807, 2.05) is 0 Å². The van der Waals surface area contributed by atoms with Gasteiger partial charge in [0.05, 0.1) is 13.6 Å². The molecule has 0 fully saturated rings. The highest BCUT2D eigenvalue weighted by Crippen LogP contribution is 1.87. The van der Waals surface area contributed by atoms with E-state index in [9.17, 15) is 9.59 Å². The Morgan fingerprint density at radius 2 is 2.23 bits per heavy atom. The summed E-state index contributed by atoms with van der Waals surface area (Å²) in [7, 11) is 1.61. The van der Waals surface area contributed by atoms with Crippen LogP contribution in [0.3, 0.4) is 0 Å². The molecule has 5 heteroatoms. The second kappa shape index (κ2) is 4.02. The lowest BCUT2D eigenvalue weighted by Crippen LogP contribution is -2.53. The Hall–Kier alpha value is -1.39. The molecule has 0 spiro atoms. The first kappa shape index (κ1) is 9.70. The molecule has 1 N–H and O–H groups in total. The lowest BCUT2D eigenvalue weighted by molar-refractivity contribution is -0.694. The number of hydrogen-bond donors (Lipinski definition) is 1. The summed E-state index contributed by atoms with van der Waals surface area (Å²) < 4.78 is 2.86. The van der Waals surface area contributed by atoms with Gasteiger partial charge in [0.2, 0.25) is 0 Å². The number of H-pyrrole nitrogens is 1. The number of nitrogens with zero attached hydrogens (tertiary/aromatic N) is 2. The predicted octanol–water partition coefficient (Wildman–Crippen LogP) is -0.839. The molecule has 0 saturated carbocycles. The van der Waals surface area contributed by atoms with Gasteiger partial charge >= 0.3 is 11.4 Å². The Kier molecular flexibility index (Phi) is 3.00. The quantitative estimate of drug-likeness (QED) is 0.623. The fourth-order valence-corrected chi connectivity index (χ4v) is 1.05. The molecule has 1 heterocycles. The molecule has 0 saturated heterocycles. The second-order valence-electron chi connectivity index (χ2n) is 3.01. The average molecular weight is 184 g/mol. The summed E-state index contributed by atoms with van der Waals surface area (Å²) in [6.45, 7) is 2.71. The molecule has 1 aromatic rings. The molecule has 0 aromatic carbocycles. The number of nitrogens with one attached hydrogen (secondary N) is 1. The minimum absolute atomic E-state index is 0.337. The van der Waals surface area contributed by atoms with E-state index in [0.29, 0.717) is 6.54 Å². The average Bonchev–Trinajstić information content (AvgIpc) is 2.09. The van der Waals surface area contributed by atoms with Crippen LogP contribution in [0.1, 0.15) is 19.8 Å². The summed E-state index contributed by atoms with van der Waals surface area (Å²) >= 11 is 0. The van der Waals surface area contributed by atoms with Crippen LogP contribution >= 0.6 is 0 Å². The van der Waals surface area contributed by atoms with Crippen molar-refractivity contribution in [3.05, 3.63) is 27.3 Å². The van der Waals surface area contributed by atoms with Crippen molar-refractivity contribution in [3.8, 4) is 0 Å². The van der Waals surface area contributed by atoms with E-state index < -0.39 is 0 Å². The van der Waals surface area contributed by atoms with Gasteiger partial charge in [0.15, 0.2) is 6.33 Å². The van der Waals surface area contributed by atoms with Crippen LogP contribution in [0.5, 0.6) is 0 Å². The first-order valence-electron chi connectivity index (χ1n) is 4.34. The van der Waals surface area contributed by atoms with Crippen LogP contribution in [-0.2, 0) is 13.6 Å². The Morgan fingerprint density at radius 1 is 1.54 bits per heavy atom. The van der Waals surface area contributed by atoms with Crippen molar-refractivity contribution in [2.24, 2.45) is 7.05 Å². The van der Waals surface area contributed by atoms with Gasteiger partial charge in [-0.15, -0.1) is 0 Å². The fraction of sp³-hybridized carbons (Fsp3) is 0.625. The van der Waals surface area contributed by atoms with Gasteiger partial charge in [0.25, 0.3) is 0 Å². The van der Waals surface area contributed by atoms with Crippen molar-refractivity contribution < 1.29 is 4.57 Å². The van der Waals surface area contributed by atoms with Crippen molar-refractivity contribution >= 4 is 0 Å². The Labute approximate surface area is 75.7 Å². The zero-order chi connectivity index (χ0) is 9.84. The molecule has 0 unspecified atom stereocenters. The van der Waals surface area contributed by atoms with Gasteiger partial charge in [-0.1, -0.05) is 13.3 Å². The van der Waals surface area contributed by atoms with Crippen LogP contribution in [0.25, 0.3) is 0 Å². The molecule has 0 aliphatic rings. The molecule has 0 radical (unpaired) electrons. The lowest BCUT2D eigenvalue weighted by Gasteiger charge is -1.97. The third-order valence-corrected chi connectivity index (χ3v) is 1.86. The topological polar surface area (TPSA) is 58.7 Å². The summed E-state index contributed by atoms with van der Waals surface area (Å²) in [5, 5.41) is 0. The van der Waals surface area contributed by atoms with E-state index in [1.165, 1.54) is 15.5 Å². The van der Waals surface area contributed by atoms with Gasteiger partial charge in [-0.05, 0) is 6.42 Å². The summed E-state index contributed by atoms with van der Waals surface area (Å²) in [6.07, 6.45) is 3.48. The Bertz CT molecular complexity index is 391. The van der Waals surface area contributed by atoms with E-state index >= 15 is 0 Å². The number of aromatic nitrogens is 3. The number of unbranched alkanes of at least 4 members (excludes halogenated alkanes) is 1. The zero-order valence-corrected chi connectivity index (χ0v) is 7.91. The molecule has 0 atom stereocenters. The van der Waals surface area contributed by atoms with Crippen LogP contribution in [-0.4, -0.2) is 9.55 Å². The second-order valence-corrected chi connectivity index (χ2v) is 3.01. The maximum Gasteiger partial charge on any atom is 0.445 e. The molecule has 0 amide bonds. The highest BCUT2D eigenvalue weighted by atomic mass is 16.2. The van der Waals surface area contributed by atoms with Crippen molar-refractivity contribution in [1.29, 1.82) is 0 Å². The van der Waals surface area contributed by atoms with Gasteiger partial charge < -0.3 is 0 Å². The third-order valence-electron chi connectivity index (χ3n) is 1.86. The molecule has 1 rings (SSSR count). The van der Waals surface area contributed by atoms with E-state index in [0.717, 1.165) is 12.8 Å². The van der Waals surface area contributed by atoms with Crippen LogP contribution in [0.4, 0.5) is 0 Å². The molecule has 0 bridgehead atoms. The monoisotopic (exact) mass is 184 g/mol. The predicted molar refractivity (Wildman–Crippen MR) is 47.4 cm³/mol. The normalized spacial score (nSPS) is 10.3. The van der Waals surface area contributed by atoms with Crippen molar-refractivity contribution in [1.82, 2.24) is 9.55 Å². The standard InChI is InChI=1S/C8H13N3O2/c1-3-4-5-11-6-10(2)7(12)9-8(11)13/h6H,3-5H2,1-2H3/p+1. The molecular weight excluding hydrogens is 170 g/mol. The zero-order valence-electron chi connectivity index (χ0n) is 7.91. The van der Waals surface area contributed by atoms with Crippen molar-refractivity contribution in [2.75, 3.05) is 0 Å². The first-order valence-corrected chi connectivity index (χ1v) is 4.34. The number of aryl methyl sites for hydroxylation is 2. The molecule has 5 nitrogen and oxygen atoms in total. The summed E-state index contributed by atoms with van der Waals surface area (Å²) in [5.41, 5.74) is -0.714. The molecule has 72 valence electrons. The number of aromatic amines is 1. The molecule has 0 aliphatic heterocycles. The summed E-state index contributed by atoms with van der Waals surface area (Å²) in [6, 6.07) is 0. The fourth-order valence-electron chi connectivity index (χ4n) is 1.05. The molecule has 1 aromatic heterocycles. The Balaban J connectivity index is 3.02. The van der Waals surface area contributed by atoms with Gasteiger partial charge in [-0.25, -0.2) is 18.7 Å². The first-order chi connectivity index (χ1) is 6.15. The van der Waals surface area contributed by atoms with E-state index in [1.54, 1.807) is 7.05 Å². The highest BCUT2D eigenvalue weighted by molar-refractivity contribution is 4.60. The number of hydrogen-bond acceptors (Lipinski definition) is 2.